The molecule has 0 bridgehead atoms. The zero-order valence-electron chi connectivity index (χ0n) is 13.3. The standard InChI is InChI=1S/C16H18N2O5S/c1-10(19)13(15(20)22-2)14(12-6-4-8-24-12)18-16(21)17-9-11-5-3-7-23-11/h3-8,13-14H,9H2,1-2H3,(H2,17,18,21)/t13?,14-/m0/s1. The highest BCUT2D eigenvalue weighted by molar-refractivity contribution is 7.10. The number of thiophene rings is 1. The summed E-state index contributed by atoms with van der Waals surface area (Å²) >= 11 is 1.34. The van der Waals surface area contributed by atoms with Gasteiger partial charge in [0.15, 0.2) is 0 Å². The molecule has 128 valence electrons. The normalized spacial score (nSPS) is 12.9. The number of ketones is 1. The van der Waals surface area contributed by atoms with Crippen LogP contribution >= 0.6 is 11.3 Å². The summed E-state index contributed by atoms with van der Waals surface area (Å²) in [7, 11) is 1.21. The number of furan rings is 1. The van der Waals surface area contributed by atoms with Crippen molar-refractivity contribution in [1.82, 2.24) is 10.6 Å². The van der Waals surface area contributed by atoms with Crippen molar-refractivity contribution in [3.05, 3.63) is 46.5 Å². The molecule has 0 radical (unpaired) electrons. The summed E-state index contributed by atoms with van der Waals surface area (Å²) < 4.78 is 9.85. The summed E-state index contributed by atoms with van der Waals surface area (Å²) in [5, 5.41) is 7.11. The van der Waals surface area contributed by atoms with Crippen molar-refractivity contribution >= 4 is 29.1 Å². The van der Waals surface area contributed by atoms with E-state index in [4.69, 9.17) is 9.15 Å². The fourth-order valence-corrected chi connectivity index (χ4v) is 3.04. The molecule has 24 heavy (non-hydrogen) atoms. The van der Waals surface area contributed by atoms with Gasteiger partial charge in [-0.15, -0.1) is 11.3 Å². The van der Waals surface area contributed by atoms with Crippen molar-refractivity contribution in [3.8, 4) is 0 Å². The average Bonchev–Trinajstić information content (AvgIpc) is 3.25. The molecule has 0 saturated carbocycles. The second-order valence-corrected chi connectivity index (χ2v) is 5.99. The first-order chi connectivity index (χ1) is 11.5. The van der Waals surface area contributed by atoms with Crippen molar-refractivity contribution in [2.24, 2.45) is 5.92 Å². The van der Waals surface area contributed by atoms with E-state index in [1.807, 2.05) is 0 Å². The van der Waals surface area contributed by atoms with Gasteiger partial charge in [0.1, 0.15) is 17.5 Å². The lowest BCUT2D eigenvalue weighted by atomic mass is 9.94. The Morgan fingerprint density at radius 2 is 2.08 bits per heavy atom. The average molecular weight is 350 g/mol. The number of Topliss-reactive ketones (excluding diaryl/α,β-unsaturated/α-hetero) is 1. The number of hydrogen-bond donors (Lipinski definition) is 2. The van der Waals surface area contributed by atoms with Crippen molar-refractivity contribution in [1.29, 1.82) is 0 Å². The summed E-state index contributed by atoms with van der Waals surface area (Å²) in [5.41, 5.74) is 0. The summed E-state index contributed by atoms with van der Waals surface area (Å²) in [6.45, 7) is 1.49. The van der Waals surface area contributed by atoms with E-state index in [0.717, 1.165) is 0 Å². The molecule has 0 spiro atoms. The Hall–Kier alpha value is -2.61. The largest absolute Gasteiger partial charge is 0.468 e. The van der Waals surface area contributed by atoms with Gasteiger partial charge in [0.25, 0.3) is 0 Å². The minimum atomic E-state index is -1.11. The van der Waals surface area contributed by atoms with E-state index in [1.165, 1.54) is 31.6 Å². The molecule has 2 atom stereocenters. The molecule has 2 aromatic heterocycles. The Balaban J connectivity index is 2.12. The summed E-state index contributed by atoms with van der Waals surface area (Å²) in [6.07, 6.45) is 1.51. The fourth-order valence-electron chi connectivity index (χ4n) is 2.22. The SMILES string of the molecule is COC(=O)C(C(C)=O)[C@@H](NC(=O)NCc1ccco1)c1cccs1. The minimum absolute atomic E-state index is 0.193. The van der Waals surface area contributed by atoms with Crippen molar-refractivity contribution < 1.29 is 23.5 Å². The number of methoxy groups -OCH3 is 1. The van der Waals surface area contributed by atoms with Crippen LogP contribution in [0, 0.1) is 5.92 Å². The van der Waals surface area contributed by atoms with Crippen LogP contribution in [0.25, 0.3) is 0 Å². The zero-order chi connectivity index (χ0) is 17.5. The summed E-state index contributed by atoms with van der Waals surface area (Å²) in [4.78, 5) is 36.8. The van der Waals surface area contributed by atoms with Crippen LogP contribution in [-0.2, 0) is 20.9 Å². The highest BCUT2D eigenvalue weighted by Gasteiger charge is 2.36. The number of nitrogens with one attached hydrogen (secondary N) is 2. The van der Waals surface area contributed by atoms with E-state index in [2.05, 4.69) is 10.6 Å². The minimum Gasteiger partial charge on any atom is -0.468 e. The van der Waals surface area contributed by atoms with Crippen LogP contribution in [-0.4, -0.2) is 24.9 Å². The van der Waals surface area contributed by atoms with Gasteiger partial charge in [-0.05, 0) is 30.5 Å². The fraction of sp³-hybridized carbons (Fsp3) is 0.312. The number of carbonyl (C=O) groups is 3. The number of esters is 1. The molecule has 1 unspecified atom stereocenters. The van der Waals surface area contributed by atoms with Crippen LogP contribution in [0.15, 0.2) is 40.3 Å². The molecule has 2 rings (SSSR count). The monoisotopic (exact) mass is 350 g/mol. The third-order valence-electron chi connectivity index (χ3n) is 3.37. The van der Waals surface area contributed by atoms with Crippen molar-refractivity contribution in [3.63, 3.8) is 0 Å². The maximum atomic E-state index is 12.2. The van der Waals surface area contributed by atoms with E-state index in [0.29, 0.717) is 10.6 Å². The number of carbonyl (C=O) groups excluding carboxylic acids is 3. The van der Waals surface area contributed by atoms with Gasteiger partial charge in [0.05, 0.1) is 26.0 Å². The predicted molar refractivity (Wildman–Crippen MR) is 87.3 cm³/mol. The number of amides is 2. The van der Waals surface area contributed by atoms with Crippen LogP contribution in [0.4, 0.5) is 4.79 Å². The first-order valence-electron chi connectivity index (χ1n) is 7.21. The van der Waals surface area contributed by atoms with Gasteiger partial charge in [-0.2, -0.15) is 0 Å². The lowest BCUT2D eigenvalue weighted by Crippen LogP contribution is -2.44. The van der Waals surface area contributed by atoms with Gasteiger partial charge < -0.3 is 19.8 Å². The van der Waals surface area contributed by atoms with Crippen molar-refractivity contribution in [2.75, 3.05) is 7.11 Å². The summed E-state index contributed by atoms with van der Waals surface area (Å²) in [6, 6.07) is 5.66. The predicted octanol–water partition coefficient (Wildman–Crippen LogP) is 2.26. The molecule has 2 amide bonds. The molecular weight excluding hydrogens is 332 g/mol. The Labute approximate surface area is 143 Å². The highest BCUT2D eigenvalue weighted by atomic mass is 32.1. The quantitative estimate of drug-likeness (QED) is 0.590. The smallest absolute Gasteiger partial charge is 0.318 e. The second kappa shape index (κ2) is 8.30. The first-order valence-corrected chi connectivity index (χ1v) is 8.09. The molecule has 0 aliphatic carbocycles. The third kappa shape index (κ3) is 4.45. The van der Waals surface area contributed by atoms with Gasteiger partial charge in [-0.25, -0.2) is 4.79 Å². The molecule has 8 heteroatoms. The van der Waals surface area contributed by atoms with Crippen molar-refractivity contribution in [2.45, 2.75) is 19.5 Å². The topological polar surface area (TPSA) is 97.6 Å². The van der Waals surface area contributed by atoms with Crippen LogP contribution in [0.2, 0.25) is 0 Å². The zero-order valence-corrected chi connectivity index (χ0v) is 14.1. The molecule has 2 heterocycles. The molecule has 0 fully saturated rings. The van der Waals surface area contributed by atoms with Crippen LogP contribution in [0.5, 0.6) is 0 Å². The van der Waals surface area contributed by atoms with Gasteiger partial charge >= 0.3 is 12.0 Å². The number of hydrogen-bond acceptors (Lipinski definition) is 6. The van der Waals surface area contributed by atoms with Crippen LogP contribution in [0.3, 0.4) is 0 Å². The number of urea groups is 1. The number of ether oxygens (including phenoxy) is 1. The van der Waals surface area contributed by atoms with E-state index in [1.54, 1.807) is 29.6 Å². The first kappa shape index (κ1) is 17.7. The second-order valence-electron chi connectivity index (χ2n) is 5.01. The maximum absolute atomic E-state index is 12.2. The molecule has 0 aromatic carbocycles. The van der Waals surface area contributed by atoms with Gasteiger partial charge in [0, 0.05) is 4.88 Å². The molecule has 7 nitrogen and oxygen atoms in total. The van der Waals surface area contributed by atoms with Gasteiger partial charge in [0.2, 0.25) is 0 Å². The Kier molecular flexibility index (Phi) is 6.14. The summed E-state index contributed by atoms with van der Waals surface area (Å²) in [5.74, 6) is -1.59. The van der Waals surface area contributed by atoms with E-state index in [-0.39, 0.29) is 12.3 Å². The van der Waals surface area contributed by atoms with Gasteiger partial charge in [-0.3, -0.25) is 9.59 Å². The molecule has 0 aliphatic heterocycles. The Morgan fingerprint density at radius 3 is 2.62 bits per heavy atom. The molecule has 0 aliphatic rings. The Bertz CT molecular complexity index is 681. The molecule has 2 N–H and O–H groups in total. The maximum Gasteiger partial charge on any atom is 0.318 e. The van der Waals surface area contributed by atoms with E-state index < -0.39 is 24.0 Å². The van der Waals surface area contributed by atoms with E-state index >= 15 is 0 Å². The number of rotatable bonds is 7. The molecule has 0 saturated heterocycles. The highest BCUT2D eigenvalue weighted by Crippen LogP contribution is 2.28. The Morgan fingerprint density at radius 1 is 1.29 bits per heavy atom. The van der Waals surface area contributed by atoms with Gasteiger partial charge in [-0.1, -0.05) is 6.07 Å². The molecule has 2 aromatic rings. The van der Waals surface area contributed by atoms with Crippen LogP contribution in [0.1, 0.15) is 23.6 Å². The third-order valence-corrected chi connectivity index (χ3v) is 4.32. The lowest BCUT2D eigenvalue weighted by molar-refractivity contribution is -0.150. The van der Waals surface area contributed by atoms with Crippen LogP contribution < -0.4 is 10.6 Å². The lowest BCUT2D eigenvalue weighted by Gasteiger charge is -2.23. The molecular formula is C16H18N2O5S. The van der Waals surface area contributed by atoms with E-state index in [9.17, 15) is 14.4 Å².